The second kappa shape index (κ2) is 1.55. The molecule has 0 saturated heterocycles. The lowest BCUT2D eigenvalue weighted by molar-refractivity contribution is 0.0957. The van der Waals surface area contributed by atoms with E-state index in [2.05, 4.69) is 20.2 Å². The lowest BCUT2D eigenvalue weighted by Crippen LogP contribution is -2.08. The first-order chi connectivity index (χ1) is 3.43. The maximum absolute atomic E-state index is 4.49. The summed E-state index contributed by atoms with van der Waals surface area (Å²) >= 11 is 0. The number of tetrazole rings is 1. The van der Waals surface area contributed by atoms with E-state index in [1.165, 1.54) is 13.4 Å². The fraction of sp³-hybridized carbons (Fsp3) is 0.500. The summed E-state index contributed by atoms with van der Waals surface area (Å²) < 4.78 is 0. The molecule has 1 aromatic rings. The Morgan fingerprint density at radius 2 is 2.57 bits per heavy atom. The topological polar surface area (TPSA) is 52.8 Å². The maximum atomic E-state index is 4.49. The van der Waals surface area contributed by atoms with Crippen LogP contribution < -0.4 is 4.84 Å². The summed E-state index contributed by atoms with van der Waals surface area (Å²) in [7, 11) is 1.46. The minimum Gasteiger partial charge on any atom is -0.383 e. The number of hydrogen-bond acceptors (Lipinski definition) is 4. The van der Waals surface area contributed by atoms with Gasteiger partial charge < -0.3 is 4.84 Å². The van der Waals surface area contributed by atoms with Crippen LogP contribution >= 0.6 is 0 Å². The molecule has 1 heterocycles. The van der Waals surface area contributed by atoms with Crippen molar-refractivity contribution in [3.63, 3.8) is 0 Å². The van der Waals surface area contributed by atoms with E-state index in [0.29, 0.717) is 0 Å². The smallest absolute Gasteiger partial charge is 0.165 e. The van der Waals surface area contributed by atoms with Gasteiger partial charge in [-0.25, -0.2) is 0 Å². The second-order valence-electron chi connectivity index (χ2n) is 0.871. The third kappa shape index (κ3) is 0.648. The van der Waals surface area contributed by atoms with Crippen molar-refractivity contribution in [2.24, 2.45) is 0 Å². The first-order valence-corrected chi connectivity index (χ1v) is 1.71. The van der Waals surface area contributed by atoms with Gasteiger partial charge in [0.2, 0.25) is 0 Å². The Balaban J connectivity index is 2.76. The Labute approximate surface area is 39.8 Å². The van der Waals surface area contributed by atoms with Crippen LogP contribution in [0.15, 0.2) is 6.33 Å². The van der Waals surface area contributed by atoms with Gasteiger partial charge in [0, 0.05) is 4.96 Å². The minimum absolute atomic E-state index is 1.01. The fourth-order valence-corrected chi connectivity index (χ4v) is 0.241. The van der Waals surface area contributed by atoms with Crippen LogP contribution in [0.3, 0.4) is 0 Å². The van der Waals surface area contributed by atoms with Crippen molar-refractivity contribution in [3.05, 3.63) is 6.33 Å². The molecule has 7 heavy (non-hydrogen) atoms. The molecular formula is C2H4N4O. The van der Waals surface area contributed by atoms with Crippen LogP contribution in [0.1, 0.15) is 0 Å². The molecule has 0 amide bonds. The molecule has 0 fully saturated rings. The van der Waals surface area contributed by atoms with Gasteiger partial charge in [0.1, 0.15) is 7.11 Å². The summed E-state index contributed by atoms with van der Waals surface area (Å²) in [5.41, 5.74) is 0. The molecule has 0 aliphatic carbocycles. The SMILES string of the molecule is COn1ncnn1. The summed E-state index contributed by atoms with van der Waals surface area (Å²) in [6.07, 6.45) is 1.30. The van der Waals surface area contributed by atoms with Crippen molar-refractivity contribution in [1.29, 1.82) is 0 Å². The van der Waals surface area contributed by atoms with Gasteiger partial charge in [0.15, 0.2) is 6.33 Å². The molecule has 0 aliphatic rings. The number of aromatic nitrogens is 4. The van der Waals surface area contributed by atoms with Gasteiger partial charge in [-0.15, -0.1) is 10.2 Å². The molecule has 5 nitrogen and oxygen atoms in total. The monoisotopic (exact) mass is 100 g/mol. The number of nitrogens with zero attached hydrogens (tertiary/aromatic N) is 4. The second-order valence-corrected chi connectivity index (χ2v) is 0.871. The molecule has 5 heteroatoms. The Morgan fingerprint density at radius 3 is 2.86 bits per heavy atom. The third-order valence-electron chi connectivity index (χ3n) is 0.494. The van der Waals surface area contributed by atoms with Gasteiger partial charge in [-0.3, -0.25) is 0 Å². The first-order valence-electron chi connectivity index (χ1n) is 1.71. The van der Waals surface area contributed by atoms with Crippen LogP contribution in [0.5, 0.6) is 0 Å². The lowest BCUT2D eigenvalue weighted by Gasteiger charge is -1.86. The average Bonchev–Trinajstić information content (AvgIpc) is 2.14. The van der Waals surface area contributed by atoms with Crippen molar-refractivity contribution in [2.45, 2.75) is 0 Å². The molecule has 0 aliphatic heterocycles. The van der Waals surface area contributed by atoms with Gasteiger partial charge in [0.25, 0.3) is 0 Å². The number of hydrogen-bond donors (Lipinski definition) is 0. The van der Waals surface area contributed by atoms with Crippen LogP contribution in [-0.2, 0) is 0 Å². The summed E-state index contributed by atoms with van der Waals surface area (Å²) in [6, 6.07) is 0. The first kappa shape index (κ1) is 4.04. The van der Waals surface area contributed by atoms with Crippen LogP contribution in [0.4, 0.5) is 0 Å². The lowest BCUT2D eigenvalue weighted by atomic mass is 11.4. The summed E-state index contributed by atoms with van der Waals surface area (Å²) in [5.74, 6) is 0. The molecule has 0 spiro atoms. The maximum Gasteiger partial charge on any atom is 0.165 e. The van der Waals surface area contributed by atoms with E-state index >= 15 is 0 Å². The molecule has 0 saturated carbocycles. The van der Waals surface area contributed by atoms with Crippen molar-refractivity contribution < 1.29 is 4.84 Å². The molecule has 1 rings (SSSR count). The van der Waals surface area contributed by atoms with E-state index < -0.39 is 0 Å². The minimum atomic E-state index is 1.01. The molecule has 0 radical (unpaired) electrons. The molecule has 0 bridgehead atoms. The highest BCUT2D eigenvalue weighted by Gasteiger charge is 1.80. The number of rotatable bonds is 1. The van der Waals surface area contributed by atoms with Crippen LogP contribution in [0, 0.1) is 0 Å². The zero-order valence-corrected chi connectivity index (χ0v) is 3.77. The highest BCUT2D eigenvalue weighted by atomic mass is 16.7. The Hall–Kier alpha value is -1.13. The zero-order valence-electron chi connectivity index (χ0n) is 3.77. The quantitative estimate of drug-likeness (QED) is 0.441. The molecule has 1 aromatic heterocycles. The average molecular weight is 100 g/mol. The molecule has 0 atom stereocenters. The van der Waals surface area contributed by atoms with Gasteiger partial charge in [-0.05, 0) is 5.21 Å². The third-order valence-corrected chi connectivity index (χ3v) is 0.494. The largest absolute Gasteiger partial charge is 0.383 e. The Morgan fingerprint density at radius 1 is 1.71 bits per heavy atom. The predicted octanol–water partition coefficient (Wildman–Crippen LogP) is -1.27. The molecule has 0 unspecified atom stereocenters. The van der Waals surface area contributed by atoms with E-state index in [9.17, 15) is 0 Å². The standard InChI is InChI=1S/C2H4N4O/c1-7-6-4-2-3-5-6/h2H,1H3. The highest BCUT2D eigenvalue weighted by Crippen LogP contribution is 1.59. The van der Waals surface area contributed by atoms with Gasteiger partial charge in [0.05, 0.1) is 0 Å². The van der Waals surface area contributed by atoms with E-state index in [1.54, 1.807) is 0 Å². The van der Waals surface area contributed by atoms with Crippen molar-refractivity contribution in [2.75, 3.05) is 7.11 Å². The van der Waals surface area contributed by atoms with Gasteiger partial charge in [-0.1, -0.05) is 0 Å². The van der Waals surface area contributed by atoms with E-state index in [4.69, 9.17) is 0 Å². The molecular weight excluding hydrogens is 96.0 g/mol. The molecule has 38 valence electrons. The van der Waals surface area contributed by atoms with Crippen LogP contribution in [-0.4, -0.2) is 27.5 Å². The normalized spacial score (nSPS) is 8.71. The van der Waals surface area contributed by atoms with Gasteiger partial charge in [-0.2, -0.15) is 0 Å². The van der Waals surface area contributed by atoms with Crippen molar-refractivity contribution in [1.82, 2.24) is 20.4 Å². The summed E-state index contributed by atoms with van der Waals surface area (Å²) in [6.45, 7) is 0. The van der Waals surface area contributed by atoms with Gasteiger partial charge >= 0.3 is 0 Å². The molecule has 0 N–H and O–H groups in total. The van der Waals surface area contributed by atoms with Crippen molar-refractivity contribution in [3.8, 4) is 0 Å². The van der Waals surface area contributed by atoms with Crippen LogP contribution in [0.2, 0.25) is 0 Å². The highest BCUT2D eigenvalue weighted by molar-refractivity contribution is 4.28. The summed E-state index contributed by atoms with van der Waals surface area (Å²) in [5, 5.41) is 10.2. The predicted molar refractivity (Wildman–Crippen MR) is 20.3 cm³/mol. The summed E-state index contributed by atoms with van der Waals surface area (Å²) in [4.78, 5) is 5.50. The van der Waals surface area contributed by atoms with E-state index in [-0.39, 0.29) is 0 Å². The fourth-order valence-electron chi connectivity index (χ4n) is 0.241. The zero-order chi connectivity index (χ0) is 5.11. The van der Waals surface area contributed by atoms with Crippen LogP contribution in [0.25, 0.3) is 0 Å². The Bertz CT molecular complexity index is 124. The Kier molecular flexibility index (Phi) is 0.892. The van der Waals surface area contributed by atoms with Crippen molar-refractivity contribution >= 4 is 0 Å². The van der Waals surface area contributed by atoms with E-state index in [0.717, 1.165) is 4.96 Å². The molecule has 0 aromatic carbocycles. The van der Waals surface area contributed by atoms with E-state index in [1.807, 2.05) is 0 Å².